The number of hydrogen-bond acceptors (Lipinski definition) is 5. The summed E-state index contributed by atoms with van der Waals surface area (Å²) in [5.74, 6) is 0.371. The monoisotopic (exact) mass is 209 g/mol. The van der Waals surface area contributed by atoms with Gasteiger partial charge in [-0.3, -0.25) is 4.57 Å². The lowest BCUT2D eigenvalue weighted by Crippen LogP contribution is -2.33. The van der Waals surface area contributed by atoms with Gasteiger partial charge in [0, 0.05) is 19.6 Å². The molecule has 82 valence electrons. The van der Waals surface area contributed by atoms with Gasteiger partial charge in [0.25, 0.3) is 0 Å². The number of hydrogen-bond donors (Lipinski definition) is 2. The van der Waals surface area contributed by atoms with E-state index in [0.29, 0.717) is 18.5 Å². The van der Waals surface area contributed by atoms with E-state index in [4.69, 9.17) is 0 Å². The fourth-order valence-corrected chi connectivity index (χ4v) is 1.75. The molecule has 6 heteroatoms. The third-order valence-corrected chi connectivity index (χ3v) is 2.57. The average molecular weight is 209 g/mol. The quantitative estimate of drug-likeness (QED) is 0.697. The van der Waals surface area contributed by atoms with Crippen LogP contribution in [0.4, 0.5) is 5.95 Å². The summed E-state index contributed by atoms with van der Waals surface area (Å²) in [6.45, 7) is 1.69. The van der Waals surface area contributed by atoms with Crippen LogP contribution in [0.2, 0.25) is 0 Å². The second-order valence-electron chi connectivity index (χ2n) is 3.66. The molecule has 0 amide bonds. The maximum Gasteiger partial charge on any atom is 0.352 e. The Kier molecular flexibility index (Phi) is 2.96. The molecule has 2 heterocycles. The zero-order valence-corrected chi connectivity index (χ0v) is 8.73. The van der Waals surface area contributed by atoms with E-state index in [9.17, 15) is 4.79 Å². The summed E-state index contributed by atoms with van der Waals surface area (Å²) in [5, 5.41) is 6.07. The molecular weight excluding hydrogens is 194 g/mol. The smallest absolute Gasteiger partial charge is 0.352 e. The Balaban J connectivity index is 2.11. The molecule has 0 radical (unpaired) electrons. The highest BCUT2D eigenvalue weighted by atomic mass is 16.1. The molecule has 1 aliphatic heterocycles. The van der Waals surface area contributed by atoms with Crippen LogP contribution < -0.4 is 16.3 Å². The lowest BCUT2D eigenvalue weighted by atomic mass is 10.2. The second kappa shape index (κ2) is 4.39. The van der Waals surface area contributed by atoms with Crippen molar-refractivity contribution in [3.05, 3.63) is 16.8 Å². The van der Waals surface area contributed by atoms with Crippen molar-refractivity contribution in [1.29, 1.82) is 0 Å². The third-order valence-electron chi connectivity index (χ3n) is 2.57. The van der Waals surface area contributed by atoms with E-state index in [1.54, 1.807) is 17.9 Å². The number of anilines is 1. The Morgan fingerprint density at radius 2 is 2.60 bits per heavy atom. The van der Waals surface area contributed by atoms with Crippen LogP contribution in [0.5, 0.6) is 0 Å². The van der Waals surface area contributed by atoms with Crippen molar-refractivity contribution >= 4 is 5.95 Å². The SMILES string of the molecule is CNc1ncn(CC2CCCN2)c(=O)n1. The molecule has 1 saturated heterocycles. The summed E-state index contributed by atoms with van der Waals surface area (Å²) in [6, 6.07) is 0.381. The van der Waals surface area contributed by atoms with E-state index in [1.165, 1.54) is 6.42 Å². The average Bonchev–Trinajstić information content (AvgIpc) is 2.74. The second-order valence-corrected chi connectivity index (χ2v) is 3.66. The fourth-order valence-electron chi connectivity index (χ4n) is 1.75. The third kappa shape index (κ3) is 2.33. The molecule has 2 N–H and O–H groups in total. The first-order chi connectivity index (χ1) is 7.29. The highest BCUT2D eigenvalue weighted by molar-refractivity contribution is 5.18. The molecule has 2 rings (SSSR count). The maximum atomic E-state index is 11.5. The zero-order valence-electron chi connectivity index (χ0n) is 8.73. The fraction of sp³-hybridized carbons (Fsp3) is 0.667. The minimum atomic E-state index is -0.247. The van der Waals surface area contributed by atoms with Crippen molar-refractivity contribution in [2.24, 2.45) is 0 Å². The first-order valence-electron chi connectivity index (χ1n) is 5.14. The molecule has 0 aliphatic carbocycles. The van der Waals surface area contributed by atoms with Crippen molar-refractivity contribution in [2.75, 3.05) is 18.9 Å². The predicted molar refractivity (Wildman–Crippen MR) is 56.9 cm³/mol. The Morgan fingerprint density at radius 3 is 3.20 bits per heavy atom. The number of rotatable bonds is 3. The molecule has 1 atom stereocenters. The highest BCUT2D eigenvalue weighted by Gasteiger charge is 2.15. The lowest BCUT2D eigenvalue weighted by Gasteiger charge is -2.11. The molecule has 0 spiro atoms. The van der Waals surface area contributed by atoms with Crippen LogP contribution in [-0.2, 0) is 6.54 Å². The van der Waals surface area contributed by atoms with Crippen molar-refractivity contribution in [1.82, 2.24) is 19.9 Å². The van der Waals surface area contributed by atoms with Gasteiger partial charge in [-0.05, 0) is 19.4 Å². The van der Waals surface area contributed by atoms with Gasteiger partial charge in [-0.25, -0.2) is 9.78 Å². The Bertz CT molecular complexity index is 382. The van der Waals surface area contributed by atoms with E-state index in [1.807, 2.05) is 0 Å². The molecule has 0 aromatic carbocycles. The molecule has 15 heavy (non-hydrogen) atoms. The largest absolute Gasteiger partial charge is 0.357 e. The molecule has 1 aromatic heterocycles. The number of aromatic nitrogens is 3. The van der Waals surface area contributed by atoms with Crippen molar-refractivity contribution in [3.8, 4) is 0 Å². The van der Waals surface area contributed by atoms with E-state index in [2.05, 4.69) is 20.6 Å². The van der Waals surface area contributed by atoms with E-state index in [0.717, 1.165) is 13.0 Å². The van der Waals surface area contributed by atoms with Gasteiger partial charge in [0.15, 0.2) is 0 Å². The van der Waals surface area contributed by atoms with Crippen molar-refractivity contribution < 1.29 is 0 Å². The van der Waals surface area contributed by atoms with Gasteiger partial charge in [0.1, 0.15) is 6.33 Å². The normalized spacial score (nSPS) is 20.5. The van der Waals surface area contributed by atoms with Crippen LogP contribution in [0.3, 0.4) is 0 Å². The first-order valence-corrected chi connectivity index (χ1v) is 5.14. The van der Waals surface area contributed by atoms with Crippen LogP contribution in [0.25, 0.3) is 0 Å². The van der Waals surface area contributed by atoms with Gasteiger partial charge in [0.05, 0.1) is 0 Å². The molecular formula is C9H15N5O. The summed E-state index contributed by atoms with van der Waals surface area (Å²) >= 11 is 0. The van der Waals surface area contributed by atoms with Crippen LogP contribution in [-0.4, -0.2) is 34.2 Å². The van der Waals surface area contributed by atoms with Gasteiger partial charge in [-0.2, -0.15) is 4.98 Å². The molecule has 1 fully saturated rings. The zero-order chi connectivity index (χ0) is 10.7. The van der Waals surface area contributed by atoms with E-state index in [-0.39, 0.29) is 5.69 Å². The predicted octanol–water partition coefficient (Wildman–Crippen LogP) is -0.568. The topological polar surface area (TPSA) is 71.8 Å². The molecule has 1 aromatic rings. The Morgan fingerprint density at radius 1 is 1.73 bits per heavy atom. The molecule has 0 bridgehead atoms. The summed E-state index contributed by atoms with van der Waals surface area (Å²) < 4.78 is 1.55. The molecule has 1 aliphatic rings. The molecule has 1 unspecified atom stereocenters. The maximum absolute atomic E-state index is 11.5. The van der Waals surface area contributed by atoms with Gasteiger partial charge in [-0.15, -0.1) is 0 Å². The minimum absolute atomic E-state index is 0.247. The van der Waals surface area contributed by atoms with Crippen LogP contribution in [0.1, 0.15) is 12.8 Å². The van der Waals surface area contributed by atoms with Gasteiger partial charge >= 0.3 is 5.69 Å². The van der Waals surface area contributed by atoms with Gasteiger partial charge in [0.2, 0.25) is 5.95 Å². The van der Waals surface area contributed by atoms with E-state index < -0.39 is 0 Å². The minimum Gasteiger partial charge on any atom is -0.357 e. The van der Waals surface area contributed by atoms with Crippen LogP contribution in [0, 0.1) is 0 Å². The van der Waals surface area contributed by atoms with Gasteiger partial charge < -0.3 is 10.6 Å². The Labute approximate surface area is 87.7 Å². The molecule has 0 saturated carbocycles. The van der Waals surface area contributed by atoms with Crippen molar-refractivity contribution in [2.45, 2.75) is 25.4 Å². The van der Waals surface area contributed by atoms with Crippen molar-refractivity contribution in [3.63, 3.8) is 0 Å². The lowest BCUT2D eigenvalue weighted by molar-refractivity contribution is 0.488. The summed E-state index contributed by atoms with van der Waals surface area (Å²) in [7, 11) is 1.69. The highest BCUT2D eigenvalue weighted by Crippen LogP contribution is 2.05. The first kappa shape index (κ1) is 10.1. The van der Waals surface area contributed by atoms with Gasteiger partial charge in [-0.1, -0.05) is 0 Å². The molecule has 6 nitrogen and oxygen atoms in total. The van der Waals surface area contributed by atoms with Crippen LogP contribution >= 0.6 is 0 Å². The number of nitrogens with one attached hydrogen (secondary N) is 2. The van der Waals surface area contributed by atoms with Crippen LogP contribution in [0.15, 0.2) is 11.1 Å². The standard InChI is InChI=1S/C9H15N5O/c1-10-8-12-6-14(9(15)13-8)5-7-3-2-4-11-7/h6-7,11H,2-5H2,1H3,(H,10,13,15). The Hall–Kier alpha value is -1.43. The summed E-state index contributed by atoms with van der Waals surface area (Å²) in [4.78, 5) is 19.3. The number of nitrogens with zero attached hydrogens (tertiary/aromatic N) is 3. The van der Waals surface area contributed by atoms with E-state index >= 15 is 0 Å². The summed E-state index contributed by atoms with van der Waals surface area (Å²) in [5.41, 5.74) is -0.247. The summed E-state index contributed by atoms with van der Waals surface area (Å²) in [6.07, 6.45) is 3.83.